The number of nitrogens with zero attached hydrogens (tertiary/aromatic N) is 1. The van der Waals surface area contributed by atoms with Crippen molar-refractivity contribution in [3.05, 3.63) is 101 Å². The molecule has 3 aromatic rings. The number of carbonyl (C=O) groups is 2. The second-order valence-electron chi connectivity index (χ2n) is 7.55. The van der Waals surface area contributed by atoms with E-state index in [4.69, 9.17) is 4.74 Å². The molecule has 6 heteroatoms. The maximum atomic E-state index is 12.4. The number of nitriles is 1. The zero-order valence-electron chi connectivity index (χ0n) is 18.6. The molecule has 6 nitrogen and oxygen atoms in total. The molecule has 0 radical (unpaired) electrons. The number of carbonyl (C=O) groups excluding carboxylic acids is 2. The zero-order chi connectivity index (χ0) is 23.6. The number of ether oxygens (including phenoxy) is 1. The van der Waals surface area contributed by atoms with E-state index in [0.29, 0.717) is 23.5 Å². The lowest BCUT2D eigenvalue weighted by molar-refractivity contribution is -0.118. The summed E-state index contributed by atoms with van der Waals surface area (Å²) in [5, 5.41) is 15.0. The predicted molar refractivity (Wildman–Crippen MR) is 128 cm³/mol. The molecule has 0 saturated heterocycles. The third-order valence-corrected chi connectivity index (χ3v) is 4.99. The van der Waals surface area contributed by atoms with Gasteiger partial charge in [-0.3, -0.25) is 9.59 Å². The molecule has 0 aliphatic rings. The Morgan fingerprint density at radius 1 is 0.970 bits per heavy atom. The van der Waals surface area contributed by atoms with Crippen LogP contribution in [0.4, 0.5) is 5.69 Å². The molecule has 0 aliphatic heterocycles. The van der Waals surface area contributed by atoms with Crippen molar-refractivity contribution in [1.82, 2.24) is 5.32 Å². The van der Waals surface area contributed by atoms with E-state index in [-0.39, 0.29) is 18.1 Å². The lowest BCUT2D eigenvalue weighted by Crippen LogP contribution is -2.23. The van der Waals surface area contributed by atoms with Gasteiger partial charge >= 0.3 is 0 Å². The first-order valence-corrected chi connectivity index (χ1v) is 10.5. The van der Waals surface area contributed by atoms with Crippen molar-refractivity contribution in [2.45, 2.75) is 20.4 Å². The molecular formula is C27H25N3O3. The van der Waals surface area contributed by atoms with E-state index in [1.54, 1.807) is 24.3 Å². The van der Waals surface area contributed by atoms with E-state index in [1.165, 1.54) is 6.08 Å². The third kappa shape index (κ3) is 7.08. The number of nitrogens with one attached hydrogen (secondary N) is 2. The Bertz CT molecular complexity index is 1210. The first-order chi connectivity index (χ1) is 15.9. The number of hydrogen-bond donors (Lipinski definition) is 2. The van der Waals surface area contributed by atoms with Crippen molar-refractivity contribution in [2.75, 3.05) is 11.9 Å². The Labute approximate surface area is 193 Å². The molecule has 33 heavy (non-hydrogen) atoms. The maximum absolute atomic E-state index is 12.4. The molecule has 166 valence electrons. The van der Waals surface area contributed by atoms with E-state index in [0.717, 1.165) is 16.7 Å². The fourth-order valence-electron chi connectivity index (χ4n) is 3.05. The van der Waals surface area contributed by atoms with E-state index in [2.05, 4.69) is 10.6 Å². The molecule has 0 unspecified atom stereocenters. The van der Waals surface area contributed by atoms with Gasteiger partial charge in [-0.05, 0) is 66.4 Å². The second-order valence-corrected chi connectivity index (χ2v) is 7.55. The summed E-state index contributed by atoms with van der Waals surface area (Å²) < 4.78 is 5.59. The number of hydrogen-bond acceptors (Lipinski definition) is 4. The summed E-state index contributed by atoms with van der Waals surface area (Å²) in [5.74, 6) is -0.279. The minimum atomic E-state index is -0.458. The van der Waals surface area contributed by atoms with Gasteiger partial charge in [0.1, 0.15) is 17.4 Å². The normalized spacial score (nSPS) is 10.8. The van der Waals surface area contributed by atoms with Gasteiger partial charge in [-0.2, -0.15) is 5.26 Å². The molecular weight excluding hydrogens is 414 g/mol. The van der Waals surface area contributed by atoms with Crippen LogP contribution in [0.15, 0.2) is 78.4 Å². The van der Waals surface area contributed by atoms with Crippen molar-refractivity contribution < 1.29 is 14.3 Å². The van der Waals surface area contributed by atoms with Crippen LogP contribution in [0.25, 0.3) is 6.08 Å². The summed E-state index contributed by atoms with van der Waals surface area (Å²) in [6.45, 7) is 4.16. The Balaban J connectivity index is 1.58. The Morgan fingerprint density at radius 3 is 2.48 bits per heavy atom. The number of rotatable bonds is 8. The number of anilines is 1. The molecule has 0 aliphatic carbocycles. The first kappa shape index (κ1) is 23.3. The highest BCUT2D eigenvalue weighted by atomic mass is 16.5. The van der Waals surface area contributed by atoms with Crippen molar-refractivity contribution in [3.63, 3.8) is 0 Å². The maximum Gasteiger partial charge on any atom is 0.262 e. The lowest BCUT2D eigenvalue weighted by atomic mass is 10.1. The minimum Gasteiger partial charge on any atom is -0.484 e. The van der Waals surface area contributed by atoms with Crippen molar-refractivity contribution in [1.29, 1.82) is 5.26 Å². The standard InChI is InChI=1S/C27H25N3O3/c1-19-11-12-24(13-20(19)2)30-26(31)18-33-25-10-6-9-22(15-25)14-23(16-28)27(32)29-17-21-7-4-3-5-8-21/h3-15H,17-18H2,1-2H3,(H,29,32)(H,30,31)/b23-14+. The quantitative estimate of drug-likeness (QED) is 0.398. The van der Waals surface area contributed by atoms with Crippen LogP contribution in [-0.4, -0.2) is 18.4 Å². The fraction of sp³-hybridized carbons (Fsp3) is 0.148. The molecule has 2 N–H and O–H groups in total. The van der Waals surface area contributed by atoms with Gasteiger partial charge in [-0.25, -0.2) is 0 Å². The highest BCUT2D eigenvalue weighted by Gasteiger charge is 2.10. The van der Waals surface area contributed by atoms with Gasteiger partial charge in [0.05, 0.1) is 0 Å². The molecule has 2 amide bonds. The summed E-state index contributed by atoms with van der Waals surface area (Å²) in [6, 6.07) is 24.0. The summed E-state index contributed by atoms with van der Waals surface area (Å²) in [6.07, 6.45) is 1.49. The summed E-state index contributed by atoms with van der Waals surface area (Å²) >= 11 is 0. The van der Waals surface area contributed by atoms with Crippen LogP contribution in [0.1, 0.15) is 22.3 Å². The summed E-state index contributed by atoms with van der Waals surface area (Å²) in [4.78, 5) is 24.6. The monoisotopic (exact) mass is 439 g/mol. The predicted octanol–water partition coefficient (Wildman–Crippen LogP) is 4.54. The second kappa shape index (κ2) is 11.3. The summed E-state index contributed by atoms with van der Waals surface area (Å²) in [7, 11) is 0. The van der Waals surface area contributed by atoms with Gasteiger partial charge in [0, 0.05) is 12.2 Å². The Morgan fingerprint density at radius 2 is 1.76 bits per heavy atom. The van der Waals surface area contributed by atoms with Crippen molar-refractivity contribution in [3.8, 4) is 11.8 Å². The van der Waals surface area contributed by atoms with Crippen molar-refractivity contribution >= 4 is 23.6 Å². The van der Waals surface area contributed by atoms with Crippen LogP contribution in [0.5, 0.6) is 5.75 Å². The van der Waals surface area contributed by atoms with Crippen LogP contribution < -0.4 is 15.4 Å². The summed E-state index contributed by atoms with van der Waals surface area (Å²) in [5.41, 5.74) is 4.50. The van der Waals surface area contributed by atoms with Gasteiger partial charge in [0.25, 0.3) is 11.8 Å². The largest absolute Gasteiger partial charge is 0.484 e. The molecule has 0 spiro atoms. The van der Waals surface area contributed by atoms with Crippen LogP contribution in [0, 0.1) is 25.2 Å². The zero-order valence-corrected chi connectivity index (χ0v) is 18.6. The first-order valence-electron chi connectivity index (χ1n) is 10.5. The molecule has 0 bridgehead atoms. The highest BCUT2D eigenvalue weighted by molar-refractivity contribution is 6.01. The molecule has 0 aromatic heterocycles. The van der Waals surface area contributed by atoms with Crippen LogP contribution in [-0.2, 0) is 16.1 Å². The molecule has 0 atom stereocenters. The fourth-order valence-corrected chi connectivity index (χ4v) is 3.05. The van der Waals surface area contributed by atoms with E-state index < -0.39 is 5.91 Å². The highest BCUT2D eigenvalue weighted by Crippen LogP contribution is 2.17. The molecule has 0 heterocycles. The number of amides is 2. The van der Waals surface area contributed by atoms with Gasteiger partial charge in [0.15, 0.2) is 6.61 Å². The average molecular weight is 440 g/mol. The van der Waals surface area contributed by atoms with Gasteiger partial charge in [-0.15, -0.1) is 0 Å². The van der Waals surface area contributed by atoms with Gasteiger partial charge in [-0.1, -0.05) is 48.5 Å². The van der Waals surface area contributed by atoms with Crippen LogP contribution in [0.3, 0.4) is 0 Å². The topological polar surface area (TPSA) is 91.2 Å². The van der Waals surface area contributed by atoms with Crippen LogP contribution in [0.2, 0.25) is 0 Å². The van der Waals surface area contributed by atoms with E-state index in [9.17, 15) is 14.9 Å². The molecule has 0 saturated carbocycles. The van der Waals surface area contributed by atoms with E-state index in [1.807, 2.05) is 68.4 Å². The number of aryl methyl sites for hydroxylation is 2. The van der Waals surface area contributed by atoms with Crippen molar-refractivity contribution in [2.24, 2.45) is 0 Å². The van der Waals surface area contributed by atoms with Crippen LogP contribution >= 0.6 is 0 Å². The van der Waals surface area contributed by atoms with Gasteiger partial charge < -0.3 is 15.4 Å². The Kier molecular flexibility index (Phi) is 7.98. The lowest BCUT2D eigenvalue weighted by Gasteiger charge is -2.09. The molecule has 3 aromatic carbocycles. The number of benzene rings is 3. The SMILES string of the molecule is Cc1ccc(NC(=O)COc2cccc(/C=C(\C#N)C(=O)NCc3ccccc3)c2)cc1C. The molecule has 3 rings (SSSR count). The third-order valence-electron chi connectivity index (χ3n) is 4.99. The van der Waals surface area contributed by atoms with E-state index >= 15 is 0 Å². The average Bonchev–Trinajstić information content (AvgIpc) is 2.83. The molecule has 0 fully saturated rings. The van der Waals surface area contributed by atoms with Gasteiger partial charge in [0.2, 0.25) is 0 Å². The minimum absolute atomic E-state index is 0.0180. The Hall–Kier alpha value is -4.37. The smallest absolute Gasteiger partial charge is 0.262 e.